The number of carbonyl (C=O) groups is 4. The lowest BCUT2D eigenvalue weighted by Crippen LogP contribution is -2.54. The quantitative estimate of drug-likeness (QED) is 0.199. The van der Waals surface area contributed by atoms with Gasteiger partial charge in [-0.15, -0.1) is 0 Å². The molecule has 2 N–H and O–H groups in total. The zero-order valence-electron chi connectivity index (χ0n) is 23.6. The summed E-state index contributed by atoms with van der Waals surface area (Å²) in [5.74, 6) is -1.16. The number of nitrogens with zero attached hydrogens (tertiary/aromatic N) is 1. The van der Waals surface area contributed by atoms with Crippen LogP contribution < -0.4 is 25.0 Å². The van der Waals surface area contributed by atoms with Gasteiger partial charge < -0.3 is 14.8 Å². The Hall–Kier alpha value is -5.70. The highest BCUT2D eigenvalue weighted by Gasteiger charge is 2.37. The highest BCUT2D eigenvalue weighted by molar-refractivity contribution is 6.39. The molecule has 1 heterocycles. The third kappa shape index (κ3) is 6.79. The van der Waals surface area contributed by atoms with Crippen LogP contribution in [-0.2, 0) is 21.0 Å². The average Bonchev–Trinajstić information content (AvgIpc) is 3.01. The Morgan fingerprint density at radius 1 is 0.837 bits per heavy atom. The Kier molecular flexibility index (Phi) is 8.62. The van der Waals surface area contributed by atoms with Gasteiger partial charge in [-0.2, -0.15) is 0 Å². The number of anilines is 2. The first kappa shape index (κ1) is 28.8. The molecule has 1 fully saturated rings. The van der Waals surface area contributed by atoms with E-state index in [-0.39, 0.29) is 29.5 Å². The Balaban J connectivity index is 1.30. The number of nitrogens with one attached hydrogen (secondary N) is 2. The van der Waals surface area contributed by atoms with E-state index in [1.807, 2.05) is 62.4 Å². The fraction of sp³-hybridized carbons (Fsp3) is 0.118. The number of imide groups is 2. The maximum absolute atomic E-state index is 13.4. The number of benzene rings is 4. The molecule has 0 aromatic heterocycles. The number of hydrogen-bond acceptors (Lipinski definition) is 6. The van der Waals surface area contributed by atoms with Gasteiger partial charge in [0.15, 0.2) is 6.61 Å². The van der Waals surface area contributed by atoms with Crippen LogP contribution in [0.15, 0.2) is 103 Å². The van der Waals surface area contributed by atoms with Crippen LogP contribution in [0.25, 0.3) is 6.08 Å². The van der Waals surface area contributed by atoms with Crippen molar-refractivity contribution in [3.8, 4) is 11.5 Å². The molecule has 9 heteroatoms. The van der Waals surface area contributed by atoms with Crippen molar-refractivity contribution >= 4 is 41.2 Å². The van der Waals surface area contributed by atoms with Crippen molar-refractivity contribution < 1.29 is 28.7 Å². The summed E-state index contributed by atoms with van der Waals surface area (Å²) in [6.45, 7) is 3.94. The van der Waals surface area contributed by atoms with E-state index in [2.05, 4.69) is 10.6 Å². The highest BCUT2D eigenvalue weighted by Crippen LogP contribution is 2.27. The summed E-state index contributed by atoms with van der Waals surface area (Å²) >= 11 is 0. The number of aryl methyl sites for hydroxylation is 1. The molecule has 0 atom stereocenters. The predicted molar refractivity (Wildman–Crippen MR) is 163 cm³/mol. The summed E-state index contributed by atoms with van der Waals surface area (Å²) in [5.41, 5.74) is 4.08. The zero-order valence-corrected chi connectivity index (χ0v) is 23.6. The summed E-state index contributed by atoms with van der Waals surface area (Å²) in [5, 5.41) is 5.05. The first-order valence-electron chi connectivity index (χ1n) is 13.6. The van der Waals surface area contributed by atoms with E-state index in [1.54, 1.807) is 48.5 Å². The lowest BCUT2D eigenvalue weighted by Gasteiger charge is -2.26. The van der Waals surface area contributed by atoms with Gasteiger partial charge in [0.1, 0.15) is 23.7 Å². The fourth-order valence-corrected chi connectivity index (χ4v) is 4.43. The van der Waals surface area contributed by atoms with E-state index in [0.717, 1.165) is 21.6 Å². The Bertz CT molecular complexity index is 1710. The molecule has 0 radical (unpaired) electrons. The second-order valence-corrected chi connectivity index (χ2v) is 9.85. The molecule has 4 aromatic rings. The van der Waals surface area contributed by atoms with Crippen molar-refractivity contribution in [2.24, 2.45) is 0 Å². The van der Waals surface area contributed by atoms with Gasteiger partial charge in [0, 0.05) is 11.3 Å². The second-order valence-electron chi connectivity index (χ2n) is 9.85. The van der Waals surface area contributed by atoms with Crippen LogP contribution in [0.5, 0.6) is 11.5 Å². The molecule has 9 nitrogen and oxygen atoms in total. The minimum atomic E-state index is -0.863. The van der Waals surface area contributed by atoms with Gasteiger partial charge in [0.2, 0.25) is 0 Å². The van der Waals surface area contributed by atoms with Gasteiger partial charge in [-0.1, -0.05) is 60.7 Å². The molecule has 0 bridgehead atoms. The summed E-state index contributed by atoms with van der Waals surface area (Å²) < 4.78 is 11.6. The number of carbonyl (C=O) groups excluding carboxylic acids is 4. The maximum Gasteiger partial charge on any atom is 0.335 e. The maximum atomic E-state index is 13.4. The Labute approximate surface area is 248 Å². The van der Waals surface area contributed by atoms with Crippen molar-refractivity contribution in [2.45, 2.75) is 20.5 Å². The molecule has 0 spiro atoms. The van der Waals surface area contributed by atoms with Crippen molar-refractivity contribution in [3.63, 3.8) is 0 Å². The number of para-hydroxylation sites is 1. The number of urea groups is 1. The summed E-state index contributed by atoms with van der Waals surface area (Å²) in [7, 11) is 0. The number of amides is 5. The molecule has 43 heavy (non-hydrogen) atoms. The van der Waals surface area contributed by atoms with Crippen LogP contribution in [-0.4, -0.2) is 30.4 Å². The zero-order chi connectivity index (χ0) is 30.3. The molecule has 0 aliphatic carbocycles. The van der Waals surface area contributed by atoms with Crippen LogP contribution in [0.3, 0.4) is 0 Å². The predicted octanol–water partition coefficient (Wildman–Crippen LogP) is 5.57. The molecule has 1 aliphatic heterocycles. The van der Waals surface area contributed by atoms with E-state index in [0.29, 0.717) is 23.6 Å². The number of barbiturate groups is 1. The molecule has 5 rings (SSSR count). The minimum absolute atomic E-state index is 0.264. The van der Waals surface area contributed by atoms with Crippen LogP contribution in [0.4, 0.5) is 16.2 Å². The fourth-order valence-electron chi connectivity index (χ4n) is 4.43. The van der Waals surface area contributed by atoms with Crippen molar-refractivity contribution in [2.75, 3.05) is 16.8 Å². The van der Waals surface area contributed by atoms with E-state index in [9.17, 15) is 19.2 Å². The molecule has 1 aliphatic rings. The standard InChI is InChI=1S/C34H29N3O6/c1-22-9-8-13-29(23(22)2)35-31(38)21-43-30-14-7-6-12-25(30)19-28-32(39)36-34(41)37(33(28)40)26-15-17-27(18-16-26)42-20-24-10-4-3-5-11-24/h3-19H,20-21H2,1-2H3,(H,35,38)(H,36,39,41)/b28-19-. The third-order valence-electron chi connectivity index (χ3n) is 6.90. The monoisotopic (exact) mass is 575 g/mol. The number of hydrogen-bond donors (Lipinski definition) is 2. The molecule has 1 saturated heterocycles. The van der Waals surface area contributed by atoms with E-state index < -0.39 is 17.8 Å². The smallest absolute Gasteiger partial charge is 0.335 e. The highest BCUT2D eigenvalue weighted by atomic mass is 16.5. The van der Waals surface area contributed by atoms with Crippen LogP contribution in [0.1, 0.15) is 22.3 Å². The van der Waals surface area contributed by atoms with E-state index in [4.69, 9.17) is 9.47 Å². The number of ether oxygens (including phenoxy) is 2. The van der Waals surface area contributed by atoms with Gasteiger partial charge in [-0.25, -0.2) is 9.69 Å². The van der Waals surface area contributed by atoms with Gasteiger partial charge in [-0.3, -0.25) is 19.7 Å². The molecule has 0 unspecified atom stereocenters. The largest absolute Gasteiger partial charge is 0.489 e. The van der Waals surface area contributed by atoms with Gasteiger partial charge in [-0.05, 0) is 73.0 Å². The Morgan fingerprint density at radius 2 is 1.56 bits per heavy atom. The van der Waals surface area contributed by atoms with E-state index >= 15 is 0 Å². The summed E-state index contributed by atoms with van der Waals surface area (Å²) in [6, 6.07) is 27.5. The minimum Gasteiger partial charge on any atom is -0.489 e. The molecule has 4 aromatic carbocycles. The third-order valence-corrected chi connectivity index (χ3v) is 6.90. The topological polar surface area (TPSA) is 114 Å². The first-order valence-corrected chi connectivity index (χ1v) is 13.6. The lowest BCUT2D eigenvalue weighted by molar-refractivity contribution is -0.122. The molecule has 0 saturated carbocycles. The van der Waals surface area contributed by atoms with Gasteiger partial charge >= 0.3 is 6.03 Å². The van der Waals surface area contributed by atoms with Crippen LogP contribution >= 0.6 is 0 Å². The van der Waals surface area contributed by atoms with Gasteiger partial charge in [0.25, 0.3) is 17.7 Å². The average molecular weight is 576 g/mol. The second kappa shape index (κ2) is 12.9. The van der Waals surface area contributed by atoms with Crippen molar-refractivity contribution in [1.29, 1.82) is 0 Å². The van der Waals surface area contributed by atoms with Crippen molar-refractivity contribution in [3.05, 3.63) is 125 Å². The Morgan fingerprint density at radius 3 is 2.33 bits per heavy atom. The summed E-state index contributed by atoms with van der Waals surface area (Å²) in [6.07, 6.45) is 1.34. The first-order chi connectivity index (χ1) is 20.8. The normalized spacial score (nSPS) is 14.0. The van der Waals surface area contributed by atoms with Crippen LogP contribution in [0.2, 0.25) is 0 Å². The SMILES string of the molecule is Cc1cccc(NC(=O)COc2ccccc2/C=C2/C(=O)NC(=O)N(c3ccc(OCc4ccccc4)cc3)C2=O)c1C. The van der Waals surface area contributed by atoms with Crippen LogP contribution in [0, 0.1) is 13.8 Å². The van der Waals surface area contributed by atoms with Gasteiger partial charge in [0.05, 0.1) is 5.69 Å². The number of rotatable bonds is 9. The molecular weight excluding hydrogens is 546 g/mol. The van der Waals surface area contributed by atoms with E-state index in [1.165, 1.54) is 6.08 Å². The lowest BCUT2D eigenvalue weighted by atomic mass is 10.1. The summed E-state index contributed by atoms with van der Waals surface area (Å²) in [4.78, 5) is 52.3. The molecular formula is C34H29N3O6. The van der Waals surface area contributed by atoms with Crippen molar-refractivity contribution in [1.82, 2.24) is 5.32 Å². The molecule has 5 amide bonds. The molecule has 216 valence electrons.